The maximum atomic E-state index is 12.0. The van der Waals surface area contributed by atoms with Crippen molar-refractivity contribution in [3.63, 3.8) is 0 Å². The summed E-state index contributed by atoms with van der Waals surface area (Å²) in [6.07, 6.45) is 6.39. The molecule has 0 heterocycles. The summed E-state index contributed by atoms with van der Waals surface area (Å²) in [5.41, 5.74) is 1.06. The van der Waals surface area contributed by atoms with Crippen molar-refractivity contribution >= 4 is 29.1 Å². The lowest BCUT2D eigenvalue weighted by Crippen LogP contribution is -2.38. The fourth-order valence-electron chi connectivity index (χ4n) is 3.65. The second-order valence-electron chi connectivity index (χ2n) is 6.10. The Morgan fingerprint density at radius 3 is 2.70 bits per heavy atom. The Labute approximate surface area is 129 Å². The van der Waals surface area contributed by atoms with Gasteiger partial charge < -0.3 is 5.32 Å². The zero-order chi connectivity index (χ0) is 14.1. The largest absolute Gasteiger partial charge is 0.353 e. The molecule has 3 atom stereocenters. The molecule has 2 saturated carbocycles. The van der Waals surface area contributed by atoms with E-state index in [0.29, 0.717) is 28.9 Å². The van der Waals surface area contributed by atoms with E-state index in [4.69, 9.17) is 23.2 Å². The number of hydrogen-bond donors (Lipinski definition) is 1. The Bertz CT molecular complexity index is 517. The van der Waals surface area contributed by atoms with Gasteiger partial charge in [-0.15, -0.1) is 0 Å². The molecule has 1 aromatic rings. The molecule has 3 unspecified atom stereocenters. The van der Waals surface area contributed by atoms with Crippen LogP contribution in [-0.4, -0.2) is 11.9 Å². The van der Waals surface area contributed by atoms with Crippen LogP contribution in [0.4, 0.5) is 0 Å². The summed E-state index contributed by atoms with van der Waals surface area (Å²) < 4.78 is 0. The van der Waals surface area contributed by atoms with Gasteiger partial charge in [-0.25, -0.2) is 0 Å². The van der Waals surface area contributed by atoms with E-state index < -0.39 is 0 Å². The van der Waals surface area contributed by atoms with Crippen LogP contribution in [0.1, 0.15) is 37.7 Å². The Morgan fingerprint density at radius 2 is 2.05 bits per heavy atom. The number of nitrogens with one attached hydrogen (secondary N) is 1. The highest BCUT2D eigenvalue weighted by Crippen LogP contribution is 2.44. The molecule has 1 aromatic carbocycles. The first-order valence-electron chi connectivity index (χ1n) is 7.35. The molecule has 2 fully saturated rings. The normalized spacial score (nSPS) is 27.8. The Morgan fingerprint density at radius 1 is 1.20 bits per heavy atom. The smallest absolute Gasteiger partial charge is 0.220 e. The molecule has 0 radical (unpaired) electrons. The zero-order valence-corrected chi connectivity index (χ0v) is 12.9. The number of aryl methyl sites for hydroxylation is 1. The number of amides is 1. The standard InChI is InChI=1S/C16H19Cl2NO/c17-13-5-2-10(8-14(13)18)3-6-16(20)19-15-9-11-1-4-12(15)7-11/h2,5,8,11-12,15H,1,3-4,6-7,9H2,(H,19,20). The van der Waals surface area contributed by atoms with Gasteiger partial charge in [0.05, 0.1) is 10.0 Å². The van der Waals surface area contributed by atoms with Crippen molar-refractivity contribution in [2.45, 2.75) is 44.6 Å². The highest BCUT2D eigenvalue weighted by Gasteiger charge is 2.39. The number of rotatable bonds is 4. The van der Waals surface area contributed by atoms with E-state index >= 15 is 0 Å². The van der Waals surface area contributed by atoms with Gasteiger partial charge in [0.25, 0.3) is 0 Å². The molecule has 0 spiro atoms. The molecule has 4 heteroatoms. The number of carbonyl (C=O) groups is 1. The first-order valence-corrected chi connectivity index (χ1v) is 8.10. The van der Waals surface area contributed by atoms with Crippen molar-refractivity contribution in [3.8, 4) is 0 Å². The Balaban J connectivity index is 1.48. The number of halogens is 2. The predicted molar refractivity (Wildman–Crippen MR) is 82.2 cm³/mol. The summed E-state index contributed by atoms with van der Waals surface area (Å²) in [5, 5.41) is 4.32. The van der Waals surface area contributed by atoms with Crippen molar-refractivity contribution in [3.05, 3.63) is 33.8 Å². The Kier molecular flexibility index (Phi) is 4.23. The van der Waals surface area contributed by atoms with Gasteiger partial charge in [0.2, 0.25) is 5.91 Å². The van der Waals surface area contributed by atoms with Gasteiger partial charge in [-0.2, -0.15) is 0 Å². The van der Waals surface area contributed by atoms with Crippen molar-refractivity contribution in [2.75, 3.05) is 0 Å². The lowest BCUT2D eigenvalue weighted by atomic mass is 9.95. The lowest BCUT2D eigenvalue weighted by Gasteiger charge is -2.22. The average molecular weight is 312 g/mol. The molecule has 2 aliphatic carbocycles. The van der Waals surface area contributed by atoms with Crippen molar-refractivity contribution in [1.82, 2.24) is 5.32 Å². The SMILES string of the molecule is O=C(CCc1ccc(Cl)c(Cl)c1)NC1CC2CCC1C2. The van der Waals surface area contributed by atoms with Gasteiger partial charge >= 0.3 is 0 Å². The second kappa shape index (κ2) is 5.95. The van der Waals surface area contributed by atoms with E-state index in [9.17, 15) is 4.79 Å². The molecular formula is C16H19Cl2NO. The maximum absolute atomic E-state index is 12.0. The quantitative estimate of drug-likeness (QED) is 0.885. The van der Waals surface area contributed by atoms with Crippen LogP contribution in [-0.2, 0) is 11.2 Å². The van der Waals surface area contributed by atoms with Crippen LogP contribution in [0.25, 0.3) is 0 Å². The van der Waals surface area contributed by atoms with Gasteiger partial charge in [0, 0.05) is 12.5 Å². The summed E-state index contributed by atoms with van der Waals surface area (Å²) in [6, 6.07) is 5.98. The van der Waals surface area contributed by atoms with E-state index in [1.165, 1.54) is 25.7 Å². The van der Waals surface area contributed by atoms with Crippen LogP contribution in [0, 0.1) is 11.8 Å². The third-order valence-electron chi connectivity index (χ3n) is 4.71. The van der Waals surface area contributed by atoms with Gasteiger partial charge in [0.1, 0.15) is 0 Å². The molecule has 1 N–H and O–H groups in total. The molecule has 2 nitrogen and oxygen atoms in total. The highest BCUT2D eigenvalue weighted by atomic mass is 35.5. The number of benzene rings is 1. The maximum Gasteiger partial charge on any atom is 0.220 e. The number of hydrogen-bond acceptors (Lipinski definition) is 1. The van der Waals surface area contributed by atoms with Crippen LogP contribution in [0.15, 0.2) is 18.2 Å². The van der Waals surface area contributed by atoms with Crippen LogP contribution < -0.4 is 5.32 Å². The highest BCUT2D eigenvalue weighted by molar-refractivity contribution is 6.42. The van der Waals surface area contributed by atoms with E-state index in [-0.39, 0.29) is 5.91 Å². The van der Waals surface area contributed by atoms with Gasteiger partial charge in [-0.1, -0.05) is 35.7 Å². The first kappa shape index (κ1) is 14.2. The minimum atomic E-state index is 0.161. The second-order valence-corrected chi connectivity index (χ2v) is 6.91. The topological polar surface area (TPSA) is 29.1 Å². The number of carbonyl (C=O) groups excluding carboxylic acids is 1. The fraction of sp³-hybridized carbons (Fsp3) is 0.562. The molecule has 20 heavy (non-hydrogen) atoms. The van der Waals surface area contributed by atoms with Crippen LogP contribution in [0.3, 0.4) is 0 Å². The van der Waals surface area contributed by atoms with Gasteiger partial charge in [-0.3, -0.25) is 4.79 Å². The minimum Gasteiger partial charge on any atom is -0.353 e. The lowest BCUT2D eigenvalue weighted by molar-refractivity contribution is -0.122. The summed E-state index contributed by atoms with van der Waals surface area (Å²) in [6.45, 7) is 0. The van der Waals surface area contributed by atoms with E-state index in [2.05, 4.69) is 5.32 Å². The molecule has 2 bridgehead atoms. The molecule has 1 amide bonds. The molecule has 108 valence electrons. The molecule has 0 aliphatic heterocycles. The monoisotopic (exact) mass is 311 g/mol. The van der Waals surface area contributed by atoms with E-state index in [1.807, 2.05) is 12.1 Å². The Hall–Kier alpha value is -0.730. The van der Waals surface area contributed by atoms with E-state index in [0.717, 1.165) is 17.4 Å². The summed E-state index contributed by atoms with van der Waals surface area (Å²) in [5.74, 6) is 1.75. The van der Waals surface area contributed by atoms with E-state index in [1.54, 1.807) is 6.07 Å². The summed E-state index contributed by atoms with van der Waals surface area (Å²) in [4.78, 5) is 12.0. The minimum absolute atomic E-state index is 0.161. The predicted octanol–water partition coefficient (Wildman–Crippen LogP) is 4.23. The molecule has 0 aromatic heterocycles. The average Bonchev–Trinajstić information content (AvgIpc) is 3.02. The third-order valence-corrected chi connectivity index (χ3v) is 5.45. The van der Waals surface area contributed by atoms with Gasteiger partial charge in [0.15, 0.2) is 0 Å². The van der Waals surface area contributed by atoms with Crippen molar-refractivity contribution < 1.29 is 4.79 Å². The zero-order valence-electron chi connectivity index (χ0n) is 11.4. The molecule has 3 rings (SSSR count). The van der Waals surface area contributed by atoms with Crippen molar-refractivity contribution in [2.24, 2.45) is 11.8 Å². The molecule has 0 saturated heterocycles. The first-order chi connectivity index (χ1) is 9.61. The van der Waals surface area contributed by atoms with Crippen LogP contribution in [0.2, 0.25) is 10.0 Å². The van der Waals surface area contributed by atoms with Crippen LogP contribution in [0.5, 0.6) is 0 Å². The fourth-order valence-corrected chi connectivity index (χ4v) is 3.97. The number of fused-ring (bicyclic) bond motifs is 2. The molecular weight excluding hydrogens is 293 g/mol. The third kappa shape index (κ3) is 3.12. The van der Waals surface area contributed by atoms with Crippen molar-refractivity contribution in [1.29, 1.82) is 0 Å². The van der Waals surface area contributed by atoms with Gasteiger partial charge in [-0.05, 0) is 55.2 Å². The molecule has 2 aliphatic rings. The van der Waals surface area contributed by atoms with Crippen LogP contribution >= 0.6 is 23.2 Å². The summed E-state index contributed by atoms with van der Waals surface area (Å²) >= 11 is 11.9. The summed E-state index contributed by atoms with van der Waals surface area (Å²) in [7, 11) is 0.